The van der Waals surface area contributed by atoms with Gasteiger partial charge in [0.25, 0.3) is 10.0 Å². The second-order valence-electron chi connectivity index (χ2n) is 7.19. The van der Waals surface area contributed by atoms with Crippen molar-refractivity contribution in [1.29, 1.82) is 0 Å². The Kier molecular flexibility index (Phi) is 5.05. The van der Waals surface area contributed by atoms with Crippen LogP contribution in [0.3, 0.4) is 0 Å². The number of rotatable bonds is 4. The Morgan fingerprint density at radius 3 is 2.36 bits per heavy atom. The van der Waals surface area contributed by atoms with Gasteiger partial charge in [0.1, 0.15) is 0 Å². The molecule has 0 saturated heterocycles. The molecule has 0 amide bonds. The van der Waals surface area contributed by atoms with E-state index >= 15 is 0 Å². The van der Waals surface area contributed by atoms with Crippen LogP contribution in [-0.2, 0) is 16.4 Å². The molecule has 1 N–H and O–H groups in total. The Hall–Kier alpha value is -2.85. The van der Waals surface area contributed by atoms with Crippen LogP contribution < -0.4 is 4.72 Å². The molecule has 0 aliphatic heterocycles. The van der Waals surface area contributed by atoms with E-state index in [1.54, 1.807) is 12.1 Å². The quantitative estimate of drug-likeness (QED) is 0.625. The standard InChI is InChI=1S/C24H23NO2S/c1-18-13-15-22(16-14-18)28(26,27)25-23-12-6-10-20-9-5-11-21(24(20)23)17-19-7-3-2-4-8-19/h2-4,6-8,10,12-17,25H,5,9,11H2,1H3. The van der Waals surface area contributed by atoms with E-state index in [4.69, 9.17) is 0 Å². The molecule has 0 fully saturated rings. The van der Waals surface area contributed by atoms with Gasteiger partial charge in [-0.1, -0.05) is 66.2 Å². The van der Waals surface area contributed by atoms with Crippen molar-refractivity contribution in [3.63, 3.8) is 0 Å². The molecule has 0 saturated carbocycles. The number of nitrogens with one attached hydrogen (secondary N) is 1. The molecule has 4 heteroatoms. The molecule has 0 heterocycles. The fraction of sp³-hybridized carbons (Fsp3) is 0.167. The molecule has 0 atom stereocenters. The van der Waals surface area contributed by atoms with Gasteiger partial charge in [-0.2, -0.15) is 0 Å². The second kappa shape index (κ2) is 7.64. The lowest BCUT2D eigenvalue weighted by atomic mass is 9.85. The van der Waals surface area contributed by atoms with Crippen LogP contribution in [0, 0.1) is 6.92 Å². The summed E-state index contributed by atoms with van der Waals surface area (Å²) in [6.45, 7) is 1.94. The molecule has 4 rings (SSSR count). The van der Waals surface area contributed by atoms with Crippen molar-refractivity contribution in [2.45, 2.75) is 31.1 Å². The number of benzene rings is 3. The van der Waals surface area contributed by atoms with Gasteiger partial charge >= 0.3 is 0 Å². The van der Waals surface area contributed by atoms with Crippen molar-refractivity contribution in [3.05, 3.63) is 95.1 Å². The monoisotopic (exact) mass is 389 g/mol. The molecule has 142 valence electrons. The molecule has 0 radical (unpaired) electrons. The first kappa shape index (κ1) is 18.5. The molecule has 0 unspecified atom stereocenters. The van der Waals surface area contributed by atoms with E-state index in [2.05, 4.69) is 29.0 Å². The number of allylic oxidation sites excluding steroid dienone is 1. The first-order valence-electron chi connectivity index (χ1n) is 9.50. The van der Waals surface area contributed by atoms with Gasteiger partial charge in [-0.05, 0) is 61.1 Å². The third kappa shape index (κ3) is 3.87. The zero-order chi connectivity index (χ0) is 19.6. The lowest BCUT2D eigenvalue weighted by Crippen LogP contribution is -2.16. The van der Waals surface area contributed by atoms with Crippen LogP contribution in [0.15, 0.2) is 77.7 Å². The molecular formula is C24H23NO2S. The molecule has 3 aromatic carbocycles. The van der Waals surface area contributed by atoms with Crippen LogP contribution in [0.4, 0.5) is 5.69 Å². The molecule has 0 bridgehead atoms. The van der Waals surface area contributed by atoms with Crippen LogP contribution in [0.2, 0.25) is 0 Å². The van der Waals surface area contributed by atoms with E-state index < -0.39 is 10.0 Å². The summed E-state index contributed by atoms with van der Waals surface area (Å²) >= 11 is 0. The van der Waals surface area contributed by atoms with Gasteiger partial charge in [-0.15, -0.1) is 0 Å². The predicted molar refractivity (Wildman–Crippen MR) is 116 cm³/mol. The maximum Gasteiger partial charge on any atom is 0.261 e. The highest BCUT2D eigenvalue weighted by Gasteiger charge is 2.21. The van der Waals surface area contributed by atoms with Gasteiger partial charge in [-0.3, -0.25) is 4.72 Å². The van der Waals surface area contributed by atoms with E-state index in [0.717, 1.165) is 36.0 Å². The largest absolute Gasteiger partial charge is 0.279 e. The topological polar surface area (TPSA) is 46.2 Å². The predicted octanol–water partition coefficient (Wildman–Crippen LogP) is 5.67. The minimum absolute atomic E-state index is 0.278. The highest BCUT2D eigenvalue weighted by atomic mass is 32.2. The average molecular weight is 390 g/mol. The van der Waals surface area contributed by atoms with Crippen molar-refractivity contribution in [2.75, 3.05) is 4.72 Å². The summed E-state index contributed by atoms with van der Waals surface area (Å²) in [6, 6.07) is 23.0. The van der Waals surface area contributed by atoms with Crippen LogP contribution in [0.1, 0.15) is 35.1 Å². The summed E-state index contributed by atoms with van der Waals surface area (Å²) in [5, 5.41) is 0. The van der Waals surface area contributed by atoms with Crippen LogP contribution >= 0.6 is 0 Å². The van der Waals surface area contributed by atoms with Gasteiger partial charge in [0, 0.05) is 5.56 Å². The summed E-state index contributed by atoms with van der Waals surface area (Å²) in [5.74, 6) is 0. The van der Waals surface area contributed by atoms with Crippen molar-refractivity contribution < 1.29 is 8.42 Å². The van der Waals surface area contributed by atoms with Gasteiger partial charge in [0.15, 0.2) is 0 Å². The molecule has 3 aromatic rings. The summed E-state index contributed by atoms with van der Waals surface area (Å²) < 4.78 is 28.7. The normalized spacial score (nSPS) is 15.2. The molecule has 1 aliphatic carbocycles. The Bertz CT molecular complexity index is 1120. The van der Waals surface area contributed by atoms with Crippen LogP contribution in [-0.4, -0.2) is 8.42 Å². The Balaban J connectivity index is 1.76. The fourth-order valence-corrected chi connectivity index (χ4v) is 4.75. The van der Waals surface area contributed by atoms with E-state index in [-0.39, 0.29) is 4.90 Å². The lowest BCUT2D eigenvalue weighted by Gasteiger charge is -2.23. The summed E-state index contributed by atoms with van der Waals surface area (Å²) in [7, 11) is -3.64. The second-order valence-corrected chi connectivity index (χ2v) is 8.87. The highest BCUT2D eigenvalue weighted by molar-refractivity contribution is 7.92. The Labute approximate surface area is 166 Å². The minimum atomic E-state index is -3.64. The van der Waals surface area contributed by atoms with Gasteiger partial charge < -0.3 is 0 Å². The molecule has 0 aromatic heterocycles. The van der Waals surface area contributed by atoms with E-state index in [9.17, 15) is 8.42 Å². The SMILES string of the molecule is Cc1ccc(S(=O)(=O)Nc2cccc3c2C(=Cc2ccccc2)CCC3)cc1. The molecule has 0 spiro atoms. The highest BCUT2D eigenvalue weighted by Crippen LogP contribution is 2.38. The maximum absolute atomic E-state index is 12.9. The van der Waals surface area contributed by atoms with Gasteiger partial charge in [0.05, 0.1) is 10.6 Å². The maximum atomic E-state index is 12.9. The number of hydrogen-bond acceptors (Lipinski definition) is 2. The number of aryl methyl sites for hydroxylation is 2. The first-order valence-corrected chi connectivity index (χ1v) is 11.0. The lowest BCUT2D eigenvalue weighted by molar-refractivity contribution is 0.601. The summed E-state index contributed by atoms with van der Waals surface area (Å²) in [5.41, 5.74) is 6.20. The molecule has 1 aliphatic rings. The number of hydrogen-bond donors (Lipinski definition) is 1. The zero-order valence-corrected chi connectivity index (χ0v) is 16.7. The summed E-state index contributed by atoms with van der Waals surface area (Å²) in [4.78, 5) is 0.278. The van der Waals surface area contributed by atoms with Crippen LogP contribution in [0.5, 0.6) is 0 Å². The van der Waals surface area contributed by atoms with Gasteiger partial charge in [0.2, 0.25) is 0 Å². The Morgan fingerprint density at radius 1 is 0.857 bits per heavy atom. The minimum Gasteiger partial charge on any atom is -0.279 e. The molecular weight excluding hydrogens is 366 g/mol. The van der Waals surface area contributed by atoms with E-state index in [1.807, 2.05) is 49.4 Å². The van der Waals surface area contributed by atoms with E-state index in [0.29, 0.717) is 5.69 Å². The molecule has 3 nitrogen and oxygen atoms in total. The van der Waals surface area contributed by atoms with Crippen molar-refractivity contribution in [2.24, 2.45) is 0 Å². The summed E-state index contributed by atoms with van der Waals surface area (Å²) in [6.07, 6.45) is 5.13. The third-order valence-electron chi connectivity index (χ3n) is 5.08. The molecule has 28 heavy (non-hydrogen) atoms. The fourth-order valence-electron chi connectivity index (χ4n) is 3.68. The zero-order valence-electron chi connectivity index (χ0n) is 15.9. The van der Waals surface area contributed by atoms with Crippen molar-refractivity contribution >= 4 is 27.4 Å². The smallest absolute Gasteiger partial charge is 0.261 e. The van der Waals surface area contributed by atoms with Crippen molar-refractivity contribution in [1.82, 2.24) is 0 Å². The number of sulfonamides is 1. The average Bonchev–Trinajstić information content (AvgIpc) is 2.69. The number of fused-ring (bicyclic) bond motifs is 1. The first-order chi connectivity index (χ1) is 13.5. The Morgan fingerprint density at radius 2 is 1.61 bits per heavy atom. The third-order valence-corrected chi connectivity index (χ3v) is 6.46. The van der Waals surface area contributed by atoms with E-state index in [1.165, 1.54) is 11.1 Å². The van der Waals surface area contributed by atoms with Crippen molar-refractivity contribution in [3.8, 4) is 0 Å². The number of anilines is 1. The van der Waals surface area contributed by atoms with Gasteiger partial charge in [-0.25, -0.2) is 8.42 Å². The van der Waals surface area contributed by atoms with Crippen LogP contribution in [0.25, 0.3) is 11.6 Å².